The van der Waals surface area contributed by atoms with Crippen molar-refractivity contribution < 1.29 is 9.60 Å². The van der Waals surface area contributed by atoms with Crippen LogP contribution in [0.4, 0.5) is 4.39 Å². The van der Waals surface area contributed by atoms with Gasteiger partial charge in [-0.15, -0.1) is 0 Å². The minimum atomic E-state index is -0.430. The van der Waals surface area contributed by atoms with E-state index in [-0.39, 0.29) is 11.7 Å². The molecule has 0 aliphatic heterocycles. The number of hydrogen-bond donors (Lipinski definition) is 2. The largest absolute Gasteiger partial charge is 0.409 e. The van der Waals surface area contributed by atoms with Gasteiger partial charge in [-0.25, -0.2) is 4.39 Å². The second kappa shape index (κ2) is 3.22. The molecule has 0 radical (unpaired) electrons. The molecule has 4 heteroatoms. The van der Waals surface area contributed by atoms with Crippen molar-refractivity contribution in [1.82, 2.24) is 0 Å². The third kappa shape index (κ3) is 1.46. The summed E-state index contributed by atoms with van der Waals surface area (Å²) in [5, 5.41) is 11.7. The quantitative estimate of drug-likeness (QED) is 0.337. The van der Waals surface area contributed by atoms with Crippen LogP contribution in [0, 0.1) is 12.7 Å². The third-order valence-electron chi connectivity index (χ3n) is 3.06. The molecule has 3 nitrogen and oxygen atoms in total. The molecule has 0 atom stereocenters. The highest BCUT2D eigenvalue weighted by Gasteiger charge is 2.49. The first kappa shape index (κ1) is 9.96. The topological polar surface area (TPSA) is 58.6 Å². The molecule has 0 saturated heterocycles. The fourth-order valence-electron chi connectivity index (χ4n) is 1.99. The van der Waals surface area contributed by atoms with Crippen LogP contribution in [-0.2, 0) is 5.41 Å². The molecule has 0 heterocycles. The number of halogens is 1. The molecule has 1 aliphatic rings. The molecule has 0 unspecified atom stereocenters. The highest BCUT2D eigenvalue weighted by molar-refractivity contribution is 5.94. The van der Waals surface area contributed by atoms with Crippen LogP contribution in [0.2, 0.25) is 0 Å². The number of aryl methyl sites for hydroxylation is 1. The first-order valence-electron chi connectivity index (χ1n) is 4.85. The SMILES string of the molecule is Cc1ccc(F)cc1C1(C(N)=NO)CC1. The Labute approximate surface area is 87.4 Å². The second-order valence-electron chi connectivity index (χ2n) is 4.03. The minimum absolute atomic E-state index is 0.177. The monoisotopic (exact) mass is 208 g/mol. The number of hydrogen-bond acceptors (Lipinski definition) is 2. The van der Waals surface area contributed by atoms with Gasteiger partial charge in [0.1, 0.15) is 11.7 Å². The molecule has 80 valence electrons. The fourth-order valence-corrected chi connectivity index (χ4v) is 1.99. The molecule has 15 heavy (non-hydrogen) atoms. The van der Waals surface area contributed by atoms with Crippen LogP contribution in [0.25, 0.3) is 0 Å². The van der Waals surface area contributed by atoms with Gasteiger partial charge in [0.15, 0.2) is 0 Å². The predicted molar refractivity (Wildman–Crippen MR) is 55.5 cm³/mol. The van der Waals surface area contributed by atoms with Crippen molar-refractivity contribution in [2.24, 2.45) is 10.9 Å². The molecular formula is C11H13FN2O. The van der Waals surface area contributed by atoms with Gasteiger partial charge in [0.2, 0.25) is 0 Å². The van der Waals surface area contributed by atoms with E-state index in [1.807, 2.05) is 6.92 Å². The van der Waals surface area contributed by atoms with Gasteiger partial charge in [0, 0.05) is 0 Å². The zero-order chi connectivity index (χ0) is 11.1. The molecule has 1 saturated carbocycles. The number of nitrogens with zero attached hydrogens (tertiary/aromatic N) is 1. The summed E-state index contributed by atoms with van der Waals surface area (Å²) in [6, 6.07) is 4.61. The standard InChI is InChI=1S/C11H13FN2O/c1-7-2-3-8(12)6-9(7)11(4-5-11)10(13)14-15/h2-3,6,15H,4-5H2,1H3,(H2,13,14). The first-order valence-corrected chi connectivity index (χ1v) is 4.85. The van der Waals surface area contributed by atoms with Gasteiger partial charge in [-0.3, -0.25) is 0 Å². The highest BCUT2D eigenvalue weighted by atomic mass is 19.1. The molecule has 1 aromatic rings. The van der Waals surface area contributed by atoms with E-state index in [0.29, 0.717) is 0 Å². The van der Waals surface area contributed by atoms with E-state index in [2.05, 4.69) is 5.16 Å². The van der Waals surface area contributed by atoms with Gasteiger partial charge in [-0.1, -0.05) is 11.2 Å². The number of benzene rings is 1. The van der Waals surface area contributed by atoms with Gasteiger partial charge in [-0.2, -0.15) is 0 Å². The maximum Gasteiger partial charge on any atom is 0.149 e. The van der Waals surface area contributed by atoms with E-state index in [1.165, 1.54) is 12.1 Å². The van der Waals surface area contributed by atoms with Crippen molar-refractivity contribution in [2.45, 2.75) is 25.2 Å². The van der Waals surface area contributed by atoms with E-state index < -0.39 is 5.41 Å². The Hall–Kier alpha value is -1.58. The number of amidine groups is 1. The average molecular weight is 208 g/mol. The Morgan fingerprint density at radius 1 is 1.53 bits per heavy atom. The van der Waals surface area contributed by atoms with Gasteiger partial charge < -0.3 is 10.9 Å². The Balaban J connectivity index is 2.50. The number of nitrogens with two attached hydrogens (primary N) is 1. The molecule has 1 aliphatic carbocycles. The average Bonchev–Trinajstić information content (AvgIpc) is 3.01. The van der Waals surface area contributed by atoms with Crippen LogP contribution >= 0.6 is 0 Å². The van der Waals surface area contributed by atoms with Gasteiger partial charge in [-0.05, 0) is 43.0 Å². The van der Waals surface area contributed by atoms with Gasteiger partial charge in [0.05, 0.1) is 5.41 Å². The molecule has 0 bridgehead atoms. The molecule has 1 fully saturated rings. The van der Waals surface area contributed by atoms with Crippen LogP contribution in [0.15, 0.2) is 23.4 Å². The molecule has 0 aromatic heterocycles. The van der Waals surface area contributed by atoms with Crippen molar-refractivity contribution >= 4 is 5.84 Å². The number of rotatable bonds is 2. The van der Waals surface area contributed by atoms with Gasteiger partial charge >= 0.3 is 0 Å². The van der Waals surface area contributed by atoms with E-state index in [1.54, 1.807) is 6.07 Å². The van der Waals surface area contributed by atoms with Crippen LogP contribution in [-0.4, -0.2) is 11.0 Å². The van der Waals surface area contributed by atoms with E-state index in [0.717, 1.165) is 24.0 Å². The third-order valence-corrected chi connectivity index (χ3v) is 3.06. The van der Waals surface area contributed by atoms with Crippen molar-refractivity contribution in [1.29, 1.82) is 0 Å². The molecule has 3 N–H and O–H groups in total. The summed E-state index contributed by atoms with van der Waals surface area (Å²) in [5.74, 6) is -0.108. The maximum absolute atomic E-state index is 13.1. The van der Waals surface area contributed by atoms with Crippen LogP contribution in [0.1, 0.15) is 24.0 Å². The lowest BCUT2D eigenvalue weighted by molar-refractivity contribution is 0.315. The smallest absolute Gasteiger partial charge is 0.149 e. The first-order chi connectivity index (χ1) is 7.10. The molecular weight excluding hydrogens is 195 g/mol. The molecule has 0 spiro atoms. The van der Waals surface area contributed by atoms with Crippen molar-refractivity contribution in [3.63, 3.8) is 0 Å². The molecule has 1 aromatic carbocycles. The Kier molecular flexibility index (Phi) is 2.14. The Bertz CT molecular complexity index is 425. The summed E-state index contributed by atoms with van der Waals surface area (Å²) < 4.78 is 13.1. The van der Waals surface area contributed by atoms with Gasteiger partial charge in [0.25, 0.3) is 0 Å². The van der Waals surface area contributed by atoms with E-state index in [9.17, 15) is 4.39 Å². The molecule has 2 rings (SSSR count). The van der Waals surface area contributed by atoms with E-state index in [4.69, 9.17) is 10.9 Å². The lowest BCUT2D eigenvalue weighted by atomic mass is 9.91. The Morgan fingerprint density at radius 3 is 2.73 bits per heavy atom. The summed E-state index contributed by atoms with van der Waals surface area (Å²) >= 11 is 0. The van der Waals surface area contributed by atoms with Crippen molar-refractivity contribution in [3.8, 4) is 0 Å². The van der Waals surface area contributed by atoms with Crippen LogP contribution in [0.3, 0.4) is 0 Å². The van der Waals surface area contributed by atoms with Crippen molar-refractivity contribution in [2.75, 3.05) is 0 Å². The zero-order valence-electron chi connectivity index (χ0n) is 8.50. The molecule has 0 amide bonds. The van der Waals surface area contributed by atoms with Crippen LogP contribution < -0.4 is 5.73 Å². The minimum Gasteiger partial charge on any atom is -0.409 e. The normalized spacial score (nSPS) is 18.9. The summed E-state index contributed by atoms with van der Waals surface area (Å²) in [4.78, 5) is 0. The lowest BCUT2D eigenvalue weighted by Crippen LogP contribution is -2.29. The summed E-state index contributed by atoms with van der Waals surface area (Å²) in [7, 11) is 0. The summed E-state index contributed by atoms with van der Waals surface area (Å²) in [6.07, 6.45) is 1.63. The Morgan fingerprint density at radius 2 is 2.20 bits per heavy atom. The van der Waals surface area contributed by atoms with Crippen LogP contribution in [0.5, 0.6) is 0 Å². The fraction of sp³-hybridized carbons (Fsp3) is 0.364. The second-order valence-corrected chi connectivity index (χ2v) is 4.03. The summed E-state index contributed by atoms with van der Waals surface area (Å²) in [6.45, 7) is 1.90. The van der Waals surface area contributed by atoms with Crippen molar-refractivity contribution in [3.05, 3.63) is 35.1 Å². The highest BCUT2D eigenvalue weighted by Crippen LogP contribution is 2.49. The summed E-state index contributed by atoms with van der Waals surface area (Å²) in [5.41, 5.74) is 7.02. The predicted octanol–water partition coefficient (Wildman–Crippen LogP) is 1.91. The zero-order valence-corrected chi connectivity index (χ0v) is 8.50. The maximum atomic E-state index is 13.1. The number of oxime groups is 1. The lowest BCUT2D eigenvalue weighted by Gasteiger charge is -2.16. The van der Waals surface area contributed by atoms with E-state index >= 15 is 0 Å².